The summed E-state index contributed by atoms with van der Waals surface area (Å²) in [6, 6.07) is 10.4. The number of phenols is 1. The van der Waals surface area contributed by atoms with E-state index in [1.54, 1.807) is 26.0 Å². The smallest absolute Gasteiger partial charge is 0.275 e. The zero-order valence-electron chi connectivity index (χ0n) is 14.8. The Kier molecular flexibility index (Phi) is 6.52. The Morgan fingerprint density at radius 3 is 2.58 bits per heavy atom. The summed E-state index contributed by atoms with van der Waals surface area (Å²) in [7, 11) is 0. The molecule has 0 heterocycles. The average molecular weight is 418 g/mol. The summed E-state index contributed by atoms with van der Waals surface area (Å²) in [5.74, 6) is -0.847. The number of halogens is 1. The number of phenolic OH excluding ortho intramolecular Hbond substituents is 1. The summed E-state index contributed by atoms with van der Waals surface area (Å²) in [5, 5.41) is 16.6. The molecule has 0 spiro atoms. The van der Waals surface area contributed by atoms with Gasteiger partial charge >= 0.3 is 0 Å². The number of benzene rings is 2. The highest BCUT2D eigenvalue weighted by Crippen LogP contribution is 2.21. The highest BCUT2D eigenvalue weighted by molar-refractivity contribution is 9.10. The summed E-state index contributed by atoms with van der Waals surface area (Å²) < 4.78 is 0.938. The molecule has 2 aromatic rings. The van der Waals surface area contributed by atoms with Crippen LogP contribution < -0.4 is 10.7 Å². The molecule has 2 aromatic carbocycles. The Hall–Kier alpha value is -2.67. The number of hydrazone groups is 1. The number of aromatic hydroxyl groups is 1. The first-order chi connectivity index (χ1) is 12.3. The molecule has 0 radical (unpaired) electrons. The van der Waals surface area contributed by atoms with E-state index in [0.29, 0.717) is 11.3 Å². The van der Waals surface area contributed by atoms with E-state index in [2.05, 4.69) is 31.8 Å². The number of nitrogens with zero attached hydrogens (tertiary/aromatic N) is 1. The van der Waals surface area contributed by atoms with Crippen molar-refractivity contribution in [2.45, 2.75) is 27.2 Å². The molecule has 0 bridgehead atoms. The van der Waals surface area contributed by atoms with Crippen LogP contribution in [0.3, 0.4) is 0 Å². The molecule has 2 rings (SSSR count). The fourth-order valence-electron chi connectivity index (χ4n) is 2.28. The predicted molar refractivity (Wildman–Crippen MR) is 106 cm³/mol. The minimum Gasteiger partial charge on any atom is -0.507 e. The van der Waals surface area contributed by atoms with Crippen molar-refractivity contribution in [3.63, 3.8) is 0 Å². The highest BCUT2D eigenvalue weighted by Gasteiger charge is 2.12. The van der Waals surface area contributed by atoms with Gasteiger partial charge in [-0.3, -0.25) is 9.59 Å². The summed E-state index contributed by atoms with van der Waals surface area (Å²) in [6.07, 6.45) is 0.0373. The minimum absolute atomic E-state index is 0.0373. The Morgan fingerprint density at radius 2 is 1.88 bits per heavy atom. The first kappa shape index (κ1) is 19.7. The van der Waals surface area contributed by atoms with Crippen LogP contribution >= 0.6 is 15.9 Å². The zero-order chi connectivity index (χ0) is 19.3. The van der Waals surface area contributed by atoms with E-state index < -0.39 is 5.91 Å². The second-order valence-electron chi connectivity index (χ2n) is 5.94. The third kappa shape index (κ3) is 5.16. The molecule has 3 N–H and O–H groups in total. The molecule has 0 aliphatic carbocycles. The number of hydrogen-bond acceptors (Lipinski definition) is 4. The van der Waals surface area contributed by atoms with E-state index in [-0.39, 0.29) is 23.6 Å². The van der Waals surface area contributed by atoms with Crippen molar-refractivity contribution in [2.24, 2.45) is 5.10 Å². The number of aryl methyl sites for hydroxylation is 2. The van der Waals surface area contributed by atoms with Crippen molar-refractivity contribution >= 4 is 39.1 Å². The van der Waals surface area contributed by atoms with Crippen LogP contribution in [0.25, 0.3) is 0 Å². The van der Waals surface area contributed by atoms with Gasteiger partial charge in [-0.2, -0.15) is 5.10 Å². The lowest BCUT2D eigenvalue weighted by Gasteiger charge is -2.09. The SMILES string of the molecule is C/C(CC(=O)Nc1ccc(Br)cc1C)=N/NC(=O)c1cccc(C)c1O. The van der Waals surface area contributed by atoms with Gasteiger partial charge in [-0.1, -0.05) is 28.1 Å². The summed E-state index contributed by atoms with van der Waals surface area (Å²) in [6.45, 7) is 5.25. The maximum absolute atomic E-state index is 12.1. The van der Waals surface area contributed by atoms with Gasteiger partial charge in [0.1, 0.15) is 5.75 Å². The van der Waals surface area contributed by atoms with E-state index in [0.717, 1.165) is 15.7 Å². The van der Waals surface area contributed by atoms with E-state index in [1.807, 2.05) is 25.1 Å². The largest absolute Gasteiger partial charge is 0.507 e. The number of nitrogens with one attached hydrogen (secondary N) is 2. The van der Waals surface area contributed by atoms with Crippen molar-refractivity contribution < 1.29 is 14.7 Å². The lowest BCUT2D eigenvalue weighted by atomic mass is 10.1. The van der Waals surface area contributed by atoms with Crippen LogP contribution in [0.5, 0.6) is 5.75 Å². The third-order valence-corrected chi connectivity index (χ3v) is 4.20. The molecule has 136 valence electrons. The Labute approximate surface area is 160 Å². The van der Waals surface area contributed by atoms with Crippen molar-refractivity contribution in [2.75, 3.05) is 5.32 Å². The van der Waals surface area contributed by atoms with Crippen molar-refractivity contribution in [1.29, 1.82) is 0 Å². The molecule has 2 amide bonds. The molecule has 0 aromatic heterocycles. The first-order valence-electron chi connectivity index (χ1n) is 7.96. The maximum Gasteiger partial charge on any atom is 0.275 e. The van der Waals surface area contributed by atoms with Crippen LogP contribution in [0.1, 0.15) is 34.8 Å². The molecule has 0 saturated carbocycles. The Bertz CT molecular complexity index is 878. The fourth-order valence-corrected chi connectivity index (χ4v) is 2.76. The number of carbonyl (C=O) groups is 2. The van der Waals surface area contributed by atoms with Crippen molar-refractivity contribution in [3.05, 3.63) is 57.6 Å². The van der Waals surface area contributed by atoms with Gasteiger partial charge in [-0.05, 0) is 56.2 Å². The average Bonchev–Trinajstić information content (AvgIpc) is 2.57. The predicted octanol–water partition coefficient (Wildman–Crippen LogP) is 3.91. The standard InChI is InChI=1S/C19H20BrN3O3/c1-11-5-4-6-15(18(11)25)19(26)23-22-13(3)10-17(24)21-16-8-7-14(20)9-12(16)2/h4-9,25H,10H2,1-3H3,(H,21,24)(H,23,26)/b22-13-. The molecule has 0 fully saturated rings. The van der Waals surface area contributed by atoms with Crippen LogP contribution in [0, 0.1) is 13.8 Å². The zero-order valence-corrected chi connectivity index (χ0v) is 16.3. The lowest BCUT2D eigenvalue weighted by molar-refractivity contribution is -0.115. The highest BCUT2D eigenvalue weighted by atomic mass is 79.9. The van der Waals surface area contributed by atoms with Gasteiger partial charge in [0, 0.05) is 15.9 Å². The quantitative estimate of drug-likeness (QED) is 0.508. The summed E-state index contributed by atoms with van der Waals surface area (Å²) >= 11 is 3.38. The maximum atomic E-state index is 12.1. The molecule has 0 unspecified atom stereocenters. The first-order valence-corrected chi connectivity index (χ1v) is 8.75. The topological polar surface area (TPSA) is 90.8 Å². The van der Waals surface area contributed by atoms with E-state index in [1.165, 1.54) is 6.07 Å². The van der Waals surface area contributed by atoms with Crippen LogP contribution in [0.4, 0.5) is 5.69 Å². The second kappa shape index (κ2) is 8.62. The third-order valence-electron chi connectivity index (χ3n) is 3.71. The Morgan fingerprint density at radius 1 is 1.15 bits per heavy atom. The molecule has 0 aliphatic rings. The van der Waals surface area contributed by atoms with Gasteiger partial charge in [0.05, 0.1) is 12.0 Å². The van der Waals surface area contributed by atoms with Crippen molar-refractivity contribution in [1.82, 2.24) is 5.43 Å². The number of hydrogen-bond donors (Lipinski definition) is 3. The number of amides is 2. The molecular formula is C19H20BrN3O3. The number of rotatable bonds is 5. The number of anilines is 1. The normalized spacial score (nSPS) is 11.2. The van der Waals surface area contributed by atoms with Gasteiger partial charge < -0.3 is 10.4 Å². The number of para-hydroxylation sites is 1. The minimum atomic E-state index is -0.533. The monoisotopic (exact) mass is 417 g/mol. The molecule has 0 atom stereocenters. The van der Waals surface area contributed by atoms with E-state index >= 15 is 0 Å². The van der Waals surface area contributed by atoms with Crippen molar-refractivity contribution in [3.8, 4) is 5.75 Å². The van der Waals surface area contributed by atoms with E-state index in [4.69, 9.17) is 0 Å². The van der Waals surface area contributed by atoms with Gasteiger partial charge in [0.25, 0.3) is 5.91 Å². The molecule has 0 aliphatic heterocycles. The molecule has 26 heavy (non-hydrogen) atoms. The van der Waals surface area contributed by atoms with Crippen LogP contribution in [0.2, 0.25) is 0 Å². The van der Waals surface area contributed by atoms with E-state index in [9.17, 15) is 14.7 Å². The molecular weight excluding hydrogens is 398 g/mol. The number of carbonyl (C=O) groups excluding carboxylic acids is 2. The molecule has 7 heteroatoms. The van der Waals surface area contributed by atoms with Crippen LogP contribution in [-0.4, -0.2) is 22.6 Å². The van der Waals surface area contributed by atoms with Gasteiger partial charge in [0.15, 0.2) is 0 Å². The van der Waals surface area contributed by atoms with Crippen LogP contribution in [-0.2, 0) is 4.79 Å². The lowest BCUT2D eigenvalue weighted by Crippen LogP contribution is -2.21. The summed E-state index contributed by atoms with van der Waals surface area (Å²) in [5.41, 5.74) is 5.19. The fraction of sp³-hybridized carbons (Fsp3) is 0.211. The molecule has 6 nitrogen and oxygen atoms in total. The molecule has 0 saturated heterocycles. The van der Waals surface area contributed by atoms with Gasteiger partial charge in [0.2, 0.25) is 5.91 Å². The van der Waals surface area contributed by atoms with Gasteiger partial charge in [-0.25, -0.2) is 5.43 Å². The summed E-state index contributed by atoms with van der Waals surface area (Å²) in [4.78, 5) is 24.2. The van der Waals surface area contributed by atoms with Gasteiger partial charge in [-0.15, -0.1) is 0 Å². The Balaban J connectivity index is 1.96. The second-order valence-corrected chi connectivity index (χ2v) is 6.86. The van der Waals surface area contributed by atoms with Crippen LogP contribution in [0.15, 0.2) is 46.0 Å².